The number of likely N-dealkylation sites (tertiary alicyclic amines) is 1. The van der Waals surface area contributed by atoms with Crippen molar-refractivity contribution in [3.63, 3.8) is 0 Å². The summed E-state index contributed by atoms with van der Waals surface area (Å²) in [6.07, 6.45) is 0. The van der Waals surface area contributed by atoms with Gasteiger partial charge in [0, 0.05) is 23.9 Å². The van der Waals surface area contributed by atoms with Gasteiger partial charge in [-0.2, -0.15) is 0 Å². The number of carbonyl (C=O) groups excluding carboxylic acids is 1. The van der Waals surface area contributed by atoms with Crippen LogP contribution in [0.5, 0.6) is 0 Å². The molecule has 2 nitrogen and oxygen atoms in total. The number of carbonyl (C=O) groups is 1. The molecule has 1 aliphatic heterocycles. The molecular weight excluding hydrogens is 241 g/mol. The number of amides is 1. The molecule has 58 valence electrons. The second-order valence-electron chi connectivity index (χ2n) is 2.92. The van der Waals surface area contributed by atoms with E-state index in [0.717, 1.165) is 13.1 Å². The first-order valence-electron chi connectivity index (χ1n) is 3.51. The summed E-state index contributed by atoms with van der Waals surface area (Å²) in [5.74, 6) is 0.885. The van der Waals surface area contributed by atoms with E-state index in [0.29, 0.717) is 9.84 Å². The maximum Gasteiger partial charge on any atom is 0.219 e. The fourth-order valence-corrected chi connectivity index (χ4v) is 1.89. The highest BCUT2D eigenvalue weighted by Gasteiger charge is 2.28. The van der Waals surface area contributed by atoms with Crippen molar-refractivity contribution in [3.05, 3.63) is 0 Å². The summed E-state index contributed by atoms with van der Waals surface area (Å²) in [7, 11) is 0. The molecule has 0 aromatic rings. The standard InChI is InChI=1S/C7H12INO/c1-5-3-9(6(2)10)4-7(5)8/h5,7H,3-4H2,1-2H3. The first-order chi connectivity index (χ1) is 4.61. The van der Waals surface area contributed by atoms with Gasteiger partial charge < -0.3 is 4.90 Å². The van der Waals surface area contributed by atoms with Crippen molar-refractivity contribution in [2.75, 3.05) is 13.1 Å². The summed E-state index contributed by atoms with van der Waals surface area (Å²) in [5.41, 5.74) is 0. The summed E-state index contributed by atoms with van der Waals surface area (Å²) in [6.45, 7) is 5.72. The van der Waals surface area contributed by atoms with Gasteiger partial charge in [0.2, 0.25) is 5.91 Å². The Morgan fingerprint density at radius 2 is 2.20 bits per heavy atom. The van der Waals surface area contributed by atoms with Crippen LogP contribution in [0.1, 0.15) is 13.8 Å². The Balaban J connectivity index is 2.49. The van der Waals surface area contributed by atoms with Gasteiger partial charge in [-0.05, 0) is 5.92 Å². The third kappa shape index (κ3) is 1.62. The minimum Gasteiger partial charge on any atom is -0.342 e. The maximum absolute atomic E-state index is 10.9. The van der Waals surface area contributed by atoms with Crippen LogP contribution in [-0.4, -0.2) is 27.8 Å². The molecule has 0 saturated carbocycles. The quantitative estimate of drug-likeness (QED) is 0.470. The van der Waals surface area contributed by atoms with Gasteiger partial charge in [0.25, 0.3) is 0 Å². The van der Waals surface area contributed by atoms with Gasteiger partial charge in [-0.25, -0.2) is 0 Å². The Labute approximate surface area is 75.1 Å². The highest BCUT2D eigenvalue weighted by atomic mass is 127. The fourth-order valence-electron chi connectivity index (χ4n) is 1.18. The van der Waals surface area contributed by atoms with Crippen LogP contribution in [0.25, 0.3) is 0 Å². The molecular formula is C7H12INO. The van der Waals surface area contributed by atoms with Gasteiger partial charge in [0.15, 0.2) is 0 Å². The van der Waals surface area contributed by atoms with Crippen LogP contribution in [0, 0.1) is 5.92 Å². The fraction of sp³-hybridized carbons (Fsp3) is 0.857. The van der Waals surface area contributed by atoms with Gasteiger partial charge >= 0.3 is 0 Å². The third-order valence-electron chi connectivity index (χ3n) is 1.97. The highest BCUT2D eigenvalue weighted by Crippen LogP contribution is 2.22. The van der Waals surface area contributed by atoms with Gasteiger partial charge in [-0.1, -0.05) is 29.5 Å². The van der Waals surface area contributed by atoms with Crippen LogP contribution in [0.2, 0.25) is 0 Å². The maximum atomic E-state index is 10.9. The van der Waals surface area contributed by atoms with E-state index in [9.17, 15) is 4.79 Å². The monoisotopic (exact) mass is 253 g/mol. The van der Waals surface area contributed by atoms with Crippen molar-refractivity contribution in [1.82, 2.24) is 4.90 Å². The van der Waals surface area contributed by atoms with E-state index < -0.39 is 0 Å². The lowest BCUT2D eigenvalue weighted by Gasteiger charge is -2.11. The molecule has 0 aliphatic carbocycles. The van der Waals surface area contributed by atoms with E-state index in [-0.39, 0.29) is 5.91 Å². The number of hydrogen-bond acceptors (Lipinski definition) is 1. The molecule has 2 atom stereocenters. The molecule has 0 spiro atoms. The van der Waals surface area contributed by atoms with Crippen LogP contribution in [-0.2, 0) is 4.79 Å². The molecule has 0 aromatic carbocycles. The minimum atomic E-state index is 0.214. The number of hydrogen-bond donors (Lipinski definition) is 0. The van der Waals surface area contributed by atoms with Crippen LogP contribution in [0.15, 0.2) is 0 Å². The van der Waals surface area contributed by atoms with Crippen molar-refractivity contribution in [2.24, 2.45) is 5.92 Å². The van der Waals surface area contributed by atoms with Crippen LogP contribution >= 0.6 is 22.6 Å². The van der Waals surface area contributed by atoms with Crippen molar-refractivity contribution < 1.29 is 4.79 Å². The van der Waals surface area contributed by atoms with Gasteiger partial charge in [-0.3, -0.25) is 4.79 Å². The Morgan fingerprint density at radius 3 is 2.40 bits per heavy atom. The van der Waals surface area contributed by atoms with E-state index in [4.69, 9.17) is 0 Å². The Hall–Kier alpha value is 0.200. The summed E-state index contributed by atoms with van der Waals surface area (Å²) in [5, 5.41) is 0. The molecule has 2 unspecified atom stereocenters. The van der Waals surface area contributed by atoms with Crippen molar-refractivity contribution in [2.45, 2.75) is 17.8 Å². The van der Waals surface area contributed by atoms with E-state index >= 15 is 0 Å². The average Bonchev–Trinajstić information content (AvgIpc) is 2.13. The van der Waals surface area contributed by atoms with E-state index in [1.54, 1.807) is 6.92 Å². The Kier molecular flexibility index (Phi) is 2.55. The second kappa shape index (κ2) is 3.07. The molecule has 10 heavy (non-hydrogen) atoms. The van der Waals surface area contributed by atoms with Crippen molar-refractivity contribution in [1.29, 1.82) is 0 Å². The molecule has 1 saturated heterocycles. The number of rotatable bonds is 0. The lowest BCUT2D eigenvalue weighted by molar-refractivity contribution is -0.127. The lowest BCUT2D eigenvalue weighted by Crippen LogP contribution is -2.26. The summed E-state index contributed by atoms with van der Waals surface area (Å²) in [4.78, 5) is 12.8. The largest absolute Gasteiger partial charge is 0.342 e. The summed E-state index contributed by atoms with van der Waals surface area (Å²) in [6, 6.07) is 0. The molecule has 1 fully saturated rings. The molecule has 0 N–H and O–H groups in total. The zero-order valence-corrected chi connectivity index (χ0v) is 8.46. The summed E-state index contributed by atoms with van der Waals surface area (Å²) >= 11 is 2.41. The van der Waals surface area contributed by atoms with Gasteiger partial charge in [-0.15, -0.1) is 0 Å². The molecule has 0 bridgehead atoms. The smallest absolute Gasteiger partial charge is 0.219 e. The first kappa shape index (κ1) is 8.30. The Bertz CT molecular complexity index is 139. The van der Waals surface area contributed by atoms with Crippen molar-refractivity contribution >= 4 is 28.5 Å². The molecule has 1 aliphatic rings. The van der Waals surface area contributed by atoms with Gasteiger partial charge in [0.05, 0.1) is 0 Å². The first-order valence-corrected chi connectivity index (χ1v) is 4.75. The Morgan fingerprint density at radius 1 is 1.60 bits per heavy atom. The van der Waals surface area contributed by atoms with E-state index in [1.165, 1.54) is 0 Å². The highest BCUT2D eigenvalue weighted by molar-refractivity contribution is 14.1. The topological polar surface area (TPSA) is 20.3 Å². The second-order valence-corrected chi connectivity index (χ2v) is 4.52. The van der Waals surface area contributed by atoms with E-state index in [1.807, 2.05) is 4.90 Å². The molecule has 1 heterocycles. The minimum absolute atomic E-state index is 0.214. The molecule has 1 rings (SSSR count). The van der Waals surface area contributed by atoms with Crippen molar-refractivity contribution in [3.8, 4) is 0 Å². The molecule has 0 aromatic heterocycles. The van der Waals surface area contributed by atoms with Crippen LogP contribution < -0.4 is 0 Å². The van der Waals surface area contributed by atoms with E-state index in [2.05, 4.69) is 29.5 Å². The zero-order chi connectivity index (χ0) is 7.72. The number of nitrogens with zero attached hydrogens (tertiary/aromatic N) is 1. The SMILES string of the molecule is CC(=O)N1CC(C)C(I)C1. The summed E-state index contributed by atoms with van der Waals surface area (Å²) < 4.78 is 0.654. The zero-order valence-electron chi connectivity index (χ0n) is 6.30. The predicted octanol–water partition coefficient (Wildman–Crippen LogP) is 1.29. The van der Waals surface area contributed by atoms with Gasteiger partial charge in [0.1, 0.15) is 0 Å². The lowest BCUT2D eigenvalue weighted by atomic mass is 10.2. The molecule has 3 heteroatoms. The molecule has 0 radical (unpaired) electrons. The number of halogens is 1. The average molecular weight is 253 g/mol. The predicted molar refractivity (Wildman–Crippen MR) is 49.2 cm³/mol. The normalized spacial score (nSPS) is 32.9. The number of alkyl halides is 1. The van der Waals surface area contributed by atoms with Crippen LogP contribution in [0.4, 0.5) is 0 Å². The van der Waals surface area contributed by atoms with Crippen LogP contribution in [0.3, 0.4) is 0 Å². The third-order valence-corrected chi connectivity index (χ3v) is 3.59. The molecule has 1 amide bonds.